The van der Waals surface area contributed by atoms with Crippen LogP contribution in [0.5, 0.6) is 11.5 Å². The molecular weight excluding hydrogens is 521 g/mol. The first-order chi connectivity index (χ1) is 19.1. The number of aliphatic carboxylic acids is 1. The van der Waals surface area contributed by atoms with Crippen molar-refractivity contribution in [3.63, 3.8) is 0 Å². The van der Waals surface area contributed by atoms with E-state index in [9.17, 15) is 18.0 Å². The van der Waals surface area contributed by atoms with Crippen LogP contribution in [0, 0.1) is 6.92 Å². The normalized spacial score (nSPS) is 17.8. The van der Waals surface area contributed by atoms with E-state index in [0.717, 1.165) is 34.1 Å². The quantitative estimate of drug-likeness (QED) is 0.278. The van der Waals surface area contributed by atoms with Crippen LogP contribution >= 0.6 is 0 Å². The van der Waals surface area contributed by atoms with Crippen LogP contribution in [0.2, 0.25) is 0 Å². The zero-order valence-electron chi connectivity index (χ0n) is 22.0. The summed E-state index contributed by atoms with van der Waals surface area (Å²) < 4.78 is 56.3. The topological polar surface area (TPSA) is 73.6 Å². The molecule has 2 atom stereocenters. The van der Waals surface area contributed by atoms with Gasteiger partial charge in [-0.1, -0.05) is 36.4 Å². The van der Waals surface area contributed by atoms with E-state index < -0.39 is 23.8 Å². The van der Waals surface area contributed by atoms with Crippen LogP contribution in [0.4, 0.5) is 13.2 Å². The average Bonchev–Trinajstić information content (AvgIpc) is 3.59. The second kappa shape index (κ2) is 9.73. The van der Waals surface area contributed by atoms with E-state index in [4.69, 9.17) is 14.6 Å². The van der Waals surface area contributed by atoms with E-state index in [1.807, 2.05) is 38.2 Å². The van der Waals surface area contributed by atoms with Crippen molar-refractivity contribution >= 4 is 5.97 Å². The van der Waals surface area contributed by atoms with E-state index in [2.05, 4.69) is 5.10 Å². The van der Waals surface area contributed by atoms with Crippen LogP contribution in [0.15, 0.2) is 60.7 Å². The van der Waals surface area contributed by atoms with Crippen LogP contribution < -0.4 is 9.47 Å². The molecule has 0 spiro atoms. The summed E-state index contributed by atoms with van der Waals surface area (Å²) in [6.45, 7) is 2.19. The van der Waals surface area contributed by atoms with Gasteiger partial charge in [0.05, 0.1) is 30.0 Å². The van der Waals surface area contributed by atoms with E-state index in [1.165, 1.54) is 6.07 Å². The highest BCUT2D eigenvalue weighted by Gasteiger charge is 2.38. The Bertz CT molecular complexity index is 1610. The minimum atomic E-state index is -4.51. The van der Waals surface area contributed by atoms with E-state index in [0.29, 0.717) is 42.1 Å². The minimum Gasteiger partial charge on any atom is -0.492 e. The van der Waals surface area contributed by atoms with Gasteiger partial charge in [0.2, 0.25) is 0 Å². The van der Waals surface area contributed by atoms with Crippen molar-refractivity contribution in [3.05, 3.63) is 88.6 Å². The lowest BCUT2D eigenvalue weighted by atomic mass is 9.90. The summed E-state index contributed by atoms with van der Waals surface area (Å²) in [6.07, 6.45) is -3.96. The molecule has 0 unspecified atom stereocenters. The molecule has 1 aliphatic heterocycles. The van der Waals surface area contributed by atoms with Gasteiger partial charge in [0.15, 0.2) is 0 Å². The second-order valence-electron chi connectivity index (χ2n) is 10.4. The van der Waals surface area contributed by atoms with Gasteiger partial charge in [-0.25, -0.2) is 0 Å². The number of halogens is 3. The molecule has 40 heavy (non-hydrogen) atoms. The van der Waals surface area contributed by atoms with Gasteiger partial charge in [-0.05, 0) is 65.8 Å². The lowest BCUT2D eigenvalue weighted by Gasteiger charge is -2.20. The fourth-order valence-corrected chi connectivity index (χ4v) is 5.92. The molecule has 0 saturated heterocycles. The molecule has 0 bridgehead atoms. The van der Waals surface area contributed by atoms with Crippen LogP contribution in [0.3, 0.4) is 0 Å². The number of alkyl halides is 3. The lowest BCUT2D eigenvalue weighted by Crippen LogP contribution is -2.10. The molecule has 1 N–H and O–H groups in total. The molecular formula is C31H27F3N2O4. The maximum atomic E-state index is 14.2. The predicted octanol–water partition coefficient (Wildman–Crippen LogP) is 7.10. The van der Waals surface area contributed by atoms with E-state index in [1.54, 1.807) is 28.9 Å². The number of aromatic nitrogens is 2. The second-order valence-corrected chi connectivity index (χ2v) is 10.4. The highest BCUT2D eigenvalue weighted by atomic mass is 19.4. The summed E-state index contributed by atoms with van der Waals surface area (Å²) >= 11 is 0. The first-order valence-corrected chi connectivity index (χ1v) is 13.1. The van der Waals surface area contributed by atoms with Crippen molar-refractivity contribution in [2.75, 3.05) is 6.61 Å². The number of carbonyl (C=O) groups is 1. The fraction of sp³-hybridized carbons (Fsp3) is 0.290. The Labute approximate surface area is 229 Å². The fourth-order valence-electron chi connectivity index (χ4n) is 5.92. The molecule has 6 rings (SSSR count). The van der Waals surface area contributed by atoms with Gasteiger partial charge in [-0.3, -0.25) is 9.48 Å². The molecule has 2 heterocycles. The first-order valence-electron chi connectivity index (χ1n) is 13.1. The van der Waals surface area contributed by atoms with Crippen LogP contribution in [-0.4, -0.2) is 27.5 Å². The van der Waals surface area contributed by atoms with Crippen molar-refractivity contribution in [3.8, 4) is 33.9 Å². The highest BCUT2D eigenvalue weighted by Crippen LogP contribution is 2.47. The number of carboxylic acid groups (broad SMARTS) is 1. The Morgan fingerprint density at radius 1 is 1.07 bits per heavy atom. The van der Waals surface area contributed by atoms with Crippen LogP contribution in [0.1, 0.15) is 52.8 Å². The molecule has 1 aromatic heterocycles. The molecule has 206 valence electrons. The van der Waals surface area contributed by atoms with Gasteiger partial charge in [-0.15, -0.1) is 0 Å². The molecule has 4 aromatic rings. The average molecular weight is 549 g/mol. The lowest BCUT2D eigenvalue weighted by molar-refractivity contribution is -0.138. The molecule has 0 amide bonds. The summed E-state index contributed by atoms with van der Waals surface area (Å²) in [5.74, 6) is 0.00844. The molecule has 0 saturated carbocycles. The molecule has 2 aliphatic rings. The Hall–Kier alpha value is -4.27. The summed E-state index contributed by atoms with van der Waals surface area (Å²) in [7, 11) is 1.84. The van der Waals surface area contributed by atoms with Gasteiger partial charge in [-0.2, -0.15) is 18.3 Å². The Balaban J connectivity index is 1.32. The highest BCUT2D eigenvalue weighted by molar-refractivity contribution is 5.76. The summed E-state index contributed by atoms with van der Waals surface area (Å²) in [5.41, 5.74) is 4.86. The number of nitrogens with zero attached hydrogens (tertiary/aromatic N) is 2. The van der Waals surface area contributed by atoms with Crippen molar-refractivity contribution in [1.29, 1.82) is 0 Å². The molecule has 3 aromatic carbocycles. The van der Waals surface area contributed by atoms with E-state index >= 15 is 0 Å². The summed E-state index contributed by atoms with van der Waals surface area (Å²) in [6, 6.07) is 17.1. The zero-order valence-corrected chi connectivity index (χ0v) is 22.0. The SMILES string of the molecule is Cc1cc(-c2ccc(-c3c(C(F)(F)F)ccc4c3CC[C@H]4Oc3ccc4c(c3)OC[C@H]4CC(=O)O)cc2)n(C)n1. The Morgan fingerprint density at radius 2 is 1.80 bits per heavy atom. The van der Waals surface area contributed by atoms with Gasteiger partial charge >= 0.3 is 12.1 Å². The number of benzene rings is 3. The number of rotatable bonds is 6. The monoisotopic (exact) mass is 548 g/mol. The number of fused-ring (bicyclic) bond motifs is 2. The molecule has 0 radical (unpaired) electrons. The summed E-state index contributed by atoms with van der Waals surface area (Å²) in [5, 5.41) is 13.5. The predicted molar refractivity (Wildman–Crippen MR) is 142 cm³/mol. The zero-order chi connectivity index (χ0) is 28.2. The van der Waals surface area contributed by atoms with Crippen molar-refractivity contribution in [2.24, 2.45) is 7.05 Å². The minimum absolute atomic E-state index is 0.0176. The van der Waals surface area contributed by atoms with Gasteiger partial charge in [0.1, 0.15) is 17.6 Å². The number of ether oxygens (including phenoxy) is 2. The van der Waals surface area contributed by atoms with Gasteiger partial charge in [0, 0.05) is 24.6 Å². The largest absolute Gasteiger partial charge is 0.492 e. The number of hydrogen-bond acceptors (Lipinski definition) is 4. The molecule has 6 nitrogen and oxygen atoms in total. The van der Waals surface area contributed by atoms with Gasteiger partial charge < -0.3 is 14.6 Å². The van der Waals surface area contributed by atoms with Crippen molar-refractivity contribution < 1.29 is 32.5 Å². The first kappa shape index (κ1) is 26.0. The smallest absolute Gasteiger partial charge is 0.417 e. The third-order valence-electron chi connectivity index (χ3n) is 7.69. The molecule has 0 fully saturated rings. The number of carboxylic acids is 1. The van der Waals surface area contributed by atoms with Crippen LogP contribution in [-0.2, 0) is 24.4 Å². The number of hydrogen-bond donors (Lipinski definition) is 1. The Kier molecular flexibility index (Phi) is 6.32. The summed E-state index contributed by atoms with van der Waals surface area (Å²) in [4.78, 5) is 11.1. The maximum absolute atomic E-state index is 14.2. The van der Waals surface area contributed by atoms with Crippen molar-refractivity contribution in [2.45, 2.75) is 44.4 Å². The Morgan fingerprint density at radius 3 is 2.48 bits per heavy atom. The third-order valence-corrected chi connectivity index (χ3v) is 7.69. The number of aryl methyl sites for hydroxylation is 2. The maximum Gasteiger partial charge on any atom is 0.417 e. The standard InChI is InChI=1S/C31H27F3N2O4/c1-17-13-26(36(2)35-17)18-3-5-19(6-4-18)30-24-10-12-27(23(24)9-11-25(30)31(32,33)34)40-21-7-8-22-20(14-29(37)38)16-39-28(22)15-21/h3-9,11,13,15,20,27H,10,12,14,16H2,1-2H3,(H,37,38)/t20-,27-/m1/s1. The van der Waals surface area contributed by atoms with E-state index in [-0.39, 0.29) is 17.9 Å². The molecule has 9 heteroatoms. The van der Waals surface area contributed by atoms with Gasteiger partial charge in [0.25, 0.3) is 0 Å². The van der Waals surface area contributed by atoms with Crippen LogP contribution in [0.25, 0.3) is 22.4 Å². The van der Waals surface area contributed by atoms with Crippen molar-refractivity contribution in [1.82, 2.24) is 9.78 Å². The third kappa shape index (κ3) is 4.69. The molecule has 1 aliphatic carbocycles.